The van der Waals surface area contributed by atoms with Crippen LogP contribution in [0.25, 0.3) is 0 Å². The van der Waals surface area contributed by atoms with Crippen LogP contribution >= 0.6 is 11.8 Å². The fourth-order valence-corrected chi connectivity index (χ4v) is 4.24. The molecule has 102 valence electrons. The van der Waals surface area contributed by atoms with Crippen molar-refractivity contribution < 1.29 is 0 Å². The van der Waals surface area contributed by atoms with Crippen molar-refractivity contribution in [3.63, 3.8) is 0 Å². The molecule has 2 heteroatoms. The van der Waals surface area contributed by atoms with Crippen molar-refractivity contribution in [2.24, 2.45) is 4.99 Å². The molecule has 20 heavy (non-hydrogen) atoms. The van der Waals surface area contributed by atoms with Gasteiger partial charge in [0.15, 0.2) is 0 Å². The summed E-state index contributed by atoms with van der Waals surface area (Å²) < 4.78 is 0. The molecule has 1 aliphatic rings. The average Bonchev–Trinajstić information content (AvgIpc) is 2.87. The van der Waals surface area contributed by atoms with Gasteiger partial charge in [-0.15, -0.1) is 11.8 Å². The van der Waals surface area contributed by atoms with E-state index in [0.29, 0.717) is 5.25 Å². The minimum absolute atomic E-state index is 0.119. The van der Waals surface area contributed by atoms with Crippen molar-refractivity contribution >= 4 is 17.5 Å². The van der Waals surface area contributed by atoms with E-state index in [1.165, 1.54) is 16.8 Å². The second kappa shape index (κ2) is 5.45. The lowest BCUT2D eigenvalue weighted by molar-refractivity contribution is 0.642. The van der Waals surface area contributed by atoms with E-state index >= 15 is 0 Å². The van der Waals surface area contributed by atoms with Crippen LogP contribution in [-0.2, 0) is 4.87 Å². The molecule has 0 radical (unpaired) electrons. The number of thioether (sulfide) groups is 1. The fraction of sp³-hybridized carbons (Fsp3) is 0.278. The number of benzene rings is 2. The molecule has 0 N–H and O–H groups in total. The molecule has 0 spiro atoms. The van der Waals surface area contributed by atoms with Crippen LogP contribution in [-0.4, -0.2) is 11.0 Å². The average molecular weight is 281 g/mol. The molecule has 0 unspecified atom stereocenters. The Morgan fingerprint density at radius 1 is 1.00 bits per heavy atom. The quantitative estimate of drug-likeness (QED) is 0.781. The summed E-state index contributed by atoms with van der Waals surface area (Å²) in [7, 11) is 0. The van der Waals surface area contributed by atoms with Gasteiger partial charge in [-0.05, 0) is 24.5 Å². The molecule has 2 aromatic carbocycles. The molecule has 2 aromatic rings. The number of nitrogens with zero attached hydrogens (tertiary/aromatic N) is 1. The summed E-state index contributed by atoms with van der Waals surface area (Å²) in [5.41, 5.74) is 3.78. The highest BCUT2D eigenvalue weighted by atomic mass is 32.2. The topological polar surface area (TPSA) is 12.4 Å². The van der Waals surface area contributed by atoms with Crippen molar-refractivity contribution in [2.75, 3.05) is 0 Å². The number of hydrogen-bond donors (Lipinski definition) is 0. The molecule has 1 aliphatic heterocycles. The van der Waals surface area contributed by atoms with Gasteiger partial charge in [0.25, 0.3) is 0 Å². The third kappa shape index (κ3) is 2.29. The first-order chi connectivity index (χ1) is 9.75. The summed E-state index contributed by atoms with van der Waals surface area (Å²) in [6, 6.07) is 21.2. The van der Waals surface area contributed by atoms with Gasteiger partial charge in [0.2, 0.25) is 0 Å². The van der Waals surface area contributed by atoms with Gasteiger partial charge in [0.1, 0.15) is 4.87 Å². The summed E-state index contributed by atoms with van der Waals surface area (Å²) in [5.74, 6) is 0. The normalized spacial score (nSPS) is 25.5. The van der Waals surface area contributed by atoms with Crippen molar-refractivity contribution in [3.8, 4) is 0 Å². The molecular formula is C18H19NS. The van der Waals surface area contributed by atoms with Gasteiger partial charge in [0.05, 0.1) is 5.71 Å². The highest BCUT2D eigenvalue weighted by Crippen LogP contribution is 2.49. The monoisotopic (exact) mass is 281 g/mol. The Labute approximate surface area is 125 Å². The Hall–Kier alpha value is -1.54. The van der Waals surface area contributed by atoms with Gasteiger partial charge in [0, 0.05) is 5.25 Å². The van der Waals surface area contributed by atoms with E-state index in [1.807, 2.05) is 11.8 Å². The van der Waals surface area contributed by atoms with E-state index in [0.717, 1.165) is 6.42 Å². The van der Waals surface area contributed by atoms with Crippen LogP contribution in [0.4, 0.5) is 0 Å². The predicted molar refractivity (Wildman–Crippen MR) is 88.4 cm³/mol. The maximum atomic E-state index is 5.14. The maximum Gasteiger partial charge on any atom is 0.132 e. The molecule has 0 aromatic heterocycles. The van der Waals surface area contributed by atoms with Crippen LogP contribution in [0.1, 0.15) is 31.4 Å². The number of aliphatic imine (C=N–C) groups is 1. The van der Waals surface area contributed by atoms with Gasteiger partial charge in [-0.25, -0.2) is 0 Å². The zero-order valence-corrected chi connectivity index (χ0v) is 12.7. The van der Waals surface area contributed by atoms with Gasteiger partial charge < -0.3 is 0 Å². The SMILES string of the molecule is CC[C@]1(c2ccccc2)N=C(c2ccccc2)[C@@H](C)S1. The molecule has 0 bridgehead atoms. The molecular weight excluding hydrogens is 262 g/mol. The predicted octanol–water partition coefficient (Wildman–Crippen LogP) is 4.87. The van der Waals surface area contributed by atoms with Crippen LogP contribution in [0, 0.1) is 0 Å². The van der Waals surface area contributed by atoms with Gasteiger partial charge in [-0.1, -0.05) is 67.6 Å². The van der Waals surface area contributed by atoms with Gasteiger partial charge in [-0.3, -0.25) is 4.99 Å². The molecule has 0 saturated carbocycles. The summed E-state index contributed by atoms with van der Waals surface area (Å²) in [6.07, 6.45) is 1.02. The highest BCUT2D eigenvalue weighted by Gasteiger charge is 2.39. The third-order valence-electron chi connectivity index (χ3n) is 3.83. The van der Waals surface area contributed by atoms with Crippen LogP contribution < -0.4 is 0 Å². The minimum Gasteiger partial charge on any atom is -0.266 e. The molecule has 2 atom stereocenters. The Kier molecular flexibility index (Phi) is 3.66. The van der Waals surface area contributed by atoms with Gasteiger partial charge >= 0.3 is 0 Å². The first-order valence-electron chi connectivity index (χ1n) is 7.14. The largest absolute Gasteiger partial charge is 0.266 e. The van der Waals surface area contributed by atoms with E-state index in [2.05, 4.69) is 74.5 Å². The lowest BCUT2D eigenvalue weighted by Crippen LogP contribution is -2.15. The highest BCUT2D eigenvalue weighted by molar-refractivity contribution is 8.01. The maximum absolute atomic E-state index is 5.14. The molecule has 0 fully saturated rings. The second-order valence-electron chi connectivity index (χ2n) is 5.13. The minimum atomic E-state index is -0.119. The van der Waals surface area contributed by atoms with Crippen LogP contribution in [0.5, 0.6) is 0 Å². The second-order valence-corrected chi connectivity index (χ2v) is 6.75. The van der Waals surface area contributed by atoms with E-state index < -0.39 is 0 Å². The molecule has 1 nitrogen and oxygen atoms in total. The molecule has 0 saturated heterocycles. The Balaban J connectivity index is 2.06. The van der Waals surface area contributed by atoms with Crippen LogP contribution in [0.3, 0.4) is 0 Å². The van der Waals surface area contributed by atoms with Crippen molar-refractivity contribution in [2.45, 2.75) is 30.4 Å². The Morgan fingerprint density at radius 3 is 2.20 bits per heavy atom. The lowest BCUT2D eigenvalue weighted by atomic mass is 10.0. The van der Waals surface area contributed by atoms with E-state index in [9.17, 15) is 0 Å². The third-order valence-corrected chi connectivity index (χ3v) is 5.41. The van der Waals surface area contributed by atoms with Crippen LogP contribution in [0.15, 0.2) is 65.7 Å². The standard InChI is InChI=1S/C18H19NS/c1-3-18(16-12-8-5-9-13-16)19-17(14(2)20-18)15-10-6-4-7-11-15/h4-14H,3H2,1-2H3/t14-,18+/m1/s1. The molecule has 3 rings (SSSR count). The van der Waals surface area contributed by atoms with E-state index in [1.54, 1.807) is 0 Å². The molecule has 0 aliphatic carbocycles. The first kappa shape index (κ1) is 13.4. The lowest BCUT2D eigenvalue weighted by Gasteiger charge is -2.24. The fourth-order valence-electron chi connectivity index (χ4n) is 2.77. The van der Waals surface area contributed by atoms with Crippen molar-refractivity contribution in [1.29, 1.82) is 0 Å². The Morgan fingerprint density at radius 2 is 1.60 bits per heavy atom. The van der Waals surface area contributed by atoms with Crippen molar-refractivity contribution in [3.05, 3.63) is 71.8 Å². The van der Waals surface area contributed by atoms with Gasteiger partial charge in [-0.2, -0.15) is 0 Å². The Bertz CT molecular complexity index is 606. The molecule has 1 heterocycles. The zero-order valence-electron chi connectivity index (χ0n) is 11.9. The zero-order chi connectivity index (χ0) is 14.0. The van der Waals surface area contributed by atoms with Crippen LogP contribution in [0.2, 0.25) is 0 Å². The summed E-state index contributed by atoms with van der Waals surface area (Å²) in [5, 5.41) is 0.428. The summed E-state index contributed by atoms with van der Waals surface area (Å²) in [6.45, 7) is 4.49. The van der Waals surface area contributed by atoms with E-state index in [4.69, 9.17) is 4.99 Å². The first-order valence-corrected chi connectivity index (χ1v) is 8.01. The summed E-state index contributed by atoms with van der Waals surface area (Å²) in [4.78, 5) is 5.02. The number of rotatable bonds is 3. The molecule has 0 amide bonds. The van der Waals surface area contributed by atoms with Crippen molar-refractivity contribution in [1.82, 2.24) is 0 Å². The van der Waals surface area contributed by atoms with E-state index in [-0.39, 0.29) is 4.87 Å². The smallest absolute Gasteiger partial charge is 0.132 e. The number of hydrogen-bond acceptors (Lipinski definition) is 2. The summed E-state index contributed by atoms with van der Waals surface area (Å²) >= 11 is 1.97.